The van der Waals surface area contributed by atoms with E-state index in [0.29, 0.717) is 5.92 Å². The smallest absolute Gasteiger partial charge is 0.109 e. The van der Waals surface area contributed by atoms with Gasteiger partial charge >= 0.3 is 0 Å². The summed E-state index contributed by atoms with van der Waals surface area (Å²) in [6.07, 6.45) is 39.4. The molecule has 0 saturated heterocycles. The molecule has 2 heteroatoms. The van der Waals surface area contributed by atoms with Crippen LogP contribution in [0.2, 0.25) is 0 Å². The van der Waals surface area contributed by atoms with E-state index >= 15 is 0 Å². The van der Waals surface area contributed by atoms with E-state index in [2.05, 4.69) is 64.7 Å². The van der Waals surface area contributed by atoms with Gasteiger partial charge in [-0.15, -0.1) is 0 Å². The van der Waals surface area contributed by atoms with E-state index in [-0.39, 0.29) is 0 Å². The van der Waals surface area contributed by atoms with Crippen molar-refractivity contribution in [1.82, 2.24) is 4.98 Å². The lowest BCUT2D eigenvalue weighted by Gasteiger charge is -2.22. The molecule has 2 heterocycles. The second-order valence-electron chi connectivity index (χ2n) is 13.8. The molecule has 1 aromatic rings. The Labute approximate surface area is 276 Å². The Bertz CT molecular complexity index is 840. The Morgan fingerprint density at radius 2 is 1.07 bits per heavy atom. The highest BCUT2D eigenvalue weighted by molar-refractivity contribution is 5.29. The molecule has 254 valence electrons. The van der Waals surface area contributed by atoms with Crippen LogP contribution in [0.1, 0.15) is 206 Å². The monoisotopic (exact) mass is 610 g/mol. The number of aryl methyl sites for hydroxylation is 1. The fourth-order valence-electron chi connectivity index (χ4n) is 6.90. The molecule has 0 fully saturated rings. The van der Waals surface area contributed by atoms with Crippen LogP contribution in [0.5, 0.6) is 0 Å². The summed E-state index contributed by atoms with van der Waals surface area (Å²) in [5.74, 6) is 1.44. The van der Waals surface area contributed by atoms with Crippen LogP contribution in [-0.2, 0) is 4.74 Å². The molecule has 0 aliphatic carbocycles. The molecule has 44 heavy (non-hydrogen) atoms. The molecule has 0 spiro atoms. The number of allylic oxidation sites excluding steroid dienone is 2. The van der Waals surface area contributed by atoms with E-state index in [1.807, 2.05) is 12.5 Å². The first-order valence-electron chi connectivity index (χ1n) is 19.5. The van der Waals surface area contributed by atoms with Gasteiger partial charge in [0.15, 0.2) is 0 Å². The molecule has 1 aliphatic rings. The Balaban J connectivity index is 0.000000440. The molecule has 0 radical (unpaired) electrons. The van der Waals surface area contributed by atoms with Crippen LogP contribution in [0.3, 0.4) is 0 Å². The van der Waals surface area contributed by atoms with Gasteiger partial charge in [-0.3, -0.25) is 4.98 Å². The Morgan fingerprint density at radius 3 is 1.55 bits per heavy atom. The molecule has 2 unspecified atom stereocenters. The van der Waals surface area contributed by atoms with E-state index in [1.54, 1.807) is 5.57 Å². The van der Waals surface area contributed by atoms with Crippen molar-refractivity contribution < 1.29 is 4.74 Å². The van der Waals surface area contributed by atoms with Crippen LogP contribution < -0.4 is 0 Å². The standard InChI is InChI=1S/C21H37N.C21H38O/c1-4-6-7-8-9-10-11-12-13-17-20(15-5-2)21-19(3)16-14-18-22-21;1-4-6-7-8-9-10-11-12-13-15-20(14-5-2)21-16-17-22-18-19(21)3/h14,16,18,20H,4-13,15,17H2,1-3H3;16-17,20H,4-15,18H2,1-3H3. The van der Waals surface area contributed by atoms with Crippen molar-refractivity contribution in [3.63, 3.8) is 0 Å². The SMILES string of the molecule is CCCCCCCCCCCC(CCC)C1=C(C)COC=C1.CCCCCCCCCCCC(CCC)c1ncccc1C. The van der Waals surface area contributed by atoms with Gasteiger partial charge < -0.3 is 4.74 Å². The lowest BCUT2D eigenvalue weighted by atomic mass is 9.86. The van der Waals surface area contributed by atoms with Gasteiger partial charge in [-0.2, -0.15) is 0 Å². The van der Waals surface area contributed by atoms with Crippen LogP contribution in [0, 0.1) is 12.8 Å². The van der Waals surface area contributed by atoms with Crippen molar-refractivity contribution in [2.24, 2.45) is 5.92 Å². The predicted molar refractivity (Wildman–Crippen MR) is 197 cm³/mol. The molecule has 0 amide bonds. The first-order valence-corrected chi connectivity index (χ1v) is 19.5. The van der Waals surface area contributed by atoms with Gasteiger partial charge in [-0.25, -0.2) is 0 Å². The fourth-order valence-corrected chi connectivity index (χ4v) is 6.90. The summed E-state index contributed by atoms with van der Waals surface area (Å²) >= 11 is 0. The maximum atomic E-state index is 5.40. The summed E-state index contributed by atoms with van der Waals surface area (Å²) in [6.45, 7) is 14.4. The van der Waals surface area contributed by atoms with Crippen LogP contribution in [0.25, 0.3) is 0 Å². The maximum Gasteiger partial charge on any atom is 0.109 e. The van der Waals surface area contributed by atoms with Crippen molar-refractivity contribution in [1.29, 1.82) is 0 Å². The summed E-state index contributed by atoms with van der Waals surface area (Å²) in [4.78, 5) is 4.65. The zero-order valence-electron chi connectivity index (χ0n) is 30.6. The van der Waals surface area contributed by atoms with Gasteiger partial charge in [0.25, 0.3) is 0 Å². The van der Waals surface area contributed by atoms with Gasteiger partial charge in [0, 0.05) is 17.8 Å². The minimum atomic E-state index is 0.677. The maximum absolute atomic E-state index is 5.40. The molecule has 0 bridgehead atoms. The highest BCUT2D eigenvalue weighted by atomic mass is 16.5. The first kappa shape index (κ1) is 40.5. The Hall–Kier alpha value is -1.57. The average molecular weight is 610 g/mol. The zero-order chi connectivity index (χ0) is 32.1. The largest absolute Gasteiger partial charge is 0.497 e. The molecule has 2 rings (SSSR count). The van der Waals surface area contributed by atoms with Gasteiger partial charge in [0.05, 0.1) is 6.26 Å². The highest BCUT2D eigenvalue weighted by Gasteiger charge is 2.16. The number of rotatable bonds is 26. The second kappa shape index (κ2) is 28.9. The number of nitrogens with zero attached hydrogens (tertiary/aromatic N) is 1. The van der Waals surface area contributed by atoms with E-state index < -0.39 is 0 Å². The van der Waals surface area contributed by atoms with Crippen LogP contribution in [-0.4, -0.2) is 11.6 Å². The molecule has 1 aromatic heterocycles. The van der Waals surface area contributed by atoms with Crippen molar-refractivity contribution >= 4 is 0 Å². The van der Waals surface area contributed by atoms with Crippen molar-refractivity contribution in [3.8, 4) is 0 Å². The van der Waals surface area contributed by atoms with Gasteiger partial charge in [0.1, 0.15) is 6.61 Å². The number of hydrogen-bond donors (Lipinski definition) is 0. The molecular formula is C42H75NO. The Morgan fingerprint density at radius 1 is 0.591 bits per heavy atom. The van der Waals surface area contributed by atoms with Crippen LogP contribution in [0.4, 0.5) is 0 Å². The molecule has 2 nitrogen and oxygen atoms in total. The van der Waals surface area contributed by atoms with E-state index in [1.165, 1.54) is 171 Å². The summed E-state index contributed by atoms with van der Waals surface area (Å²) in [5.41, 5.74) is 5.73. The first-order chi connectivity index (χ1) is 21.6. The number of ether oxygens (including phenoxy) is 1. The third-order valence-corrected chi connectivity index (χ3v) is 9.60. The number of pyridine rings is 1. The minimum Gasteiger partial charge on any atom is -0.497 e. The van der Waals surface area contributed by atoms with Gasteiger partial charge in [-0.05, 0) is 74.3 Å². The molecular weight excluding hydrogens is 534 g/mol. The molecule has 0 aromatic carbocycles. The summed E-state index contributed by atoms with van der Waals surface area (Å²) in [6, 6.07) is 4.27. The van der Waals surface area contributed by atoms with Crippen LogP contribution in [0.15, 0.2) is 41.8 Å². The minimum absolute atomic E-state index is 0.677. The third-order valence-electron chi connectivity index (χ3n) is 9.60. The highest BCUT2D eigenvalue weighted by Crippen LogP contribution is 2.30. The topological polar surface area (TPSA) is 22.1 Å². The summed E-state index contributed by atoms with van der Waals surface area (Å²) in [5, 5.41) is 0. The third kappa shape index (κ3) is 19.7. The van der Waals surface area contributed by atoms with E-state index in [4.69, 9.17) is 4.74 Å². The fraction of sp³-hybridized carbons (Fsp3) is 0.786. The lowest BCUT2D eigenvalue weighted by molar-refractivity contribution is 0.270. The van der Waals surface area contributed by atoms with Gasteiger partial charge in [0.2, 0.25) is 0 Å². The quantitative estimate of drug-likeness (QED) is 0.0975. The van der Waals surface area contributed by atoms with E-state index in [0.717, 1.165) is 12.5 Å². The lowest BCUT2D eigenvalue weighted by Crippen LogP contribution is -2.10. The zero-order valence-corrected chi connectivity index (χ0v) is 30.6. The number of aromatic nitrogens is 1. The molecule has 2 atom stereocenters. The van der Waals surface area contributed by atoms with E-state index in [9.17, 15) is 0 Å². The predicted octanol–water partition coefficient (Wildman–Crippen LogP) is 14.4. The number of unbranched alkanes of at least 4 members (excludes halogenated alkanes) is 16. The number of hydrogen-bond acceptors (Lipinski definition) is 2. The summed E-state index contributed by atoms with van der Waals surface area (Å²) < 4.78 is 5.40. The molecule has 0 N–H and O–H groups in total. The second-order valence-corrected chi connectivity index (χ2v) is 13.8. The van der Waals surface area contributed by atoms with Crippen LogP contribution >= 0.6 is 0 Å². The average Bonchev–Trinajstić information content (AvgIpc) is 3.03. The molecule has 0 saturated carbocycles. The van der Waals surface area contributed by atoms with Crippen molar-refractivity contribution in [2.75, 3.05) is 6.61 Å². The molecule has 1 aliphatic heterocycles. The Kier molecular flexibility index (Phi) is 26.5. The van der Waals surface area contributed by atoms with Crippen molar-refractivity contribution in [2.45, 2.75) is 202 Å². The normalized spacial score (nSPS) is 14.2. The summed E-state index contributed by atoms with van der Waals surface area (Å²) in [7, 11) is 0. The van der Waals surface area contributed by atoms with Crippen molar-refractivity contribution in [3.05, 3.63) is 53.1 Å². The van der Waals surface area contributed by atoms with Gasteiger partial charge in [-0.1, -0.05) is 162 Å².